The van der Waals surface area contributed by atoms with Crippen molar-refractivity contribution >= 4 is 22.7 Å². The molecule has 4 rings (SSSR count). The lowest BCUT2D eigenvalue weighted by atomic mass is 10.1. The quantitative estimate of drug-likeness (QED) is 0.418. The second kappa shape index (κ2) is 8.95. The molecule has 0 aliphatic heterocycles. The van der Waals surface area contributed by atoms with Gasteiger partial charge in [-0.3, -0.25) is 0 Å². The van der Waals surface area contributed by atoms with Crippen molar-refractivity contribution in [1.29, 1.82) is 0 Å². The Bertz CT molecular complexity index is 1030. The summed E-state index contributed by atoms with van der Waals surface area (Å²) in [7, 11) is 1.89. The minimum absolute atomic E-state index is 0.504. The van der Waals surface area contributed by atoms with Crippen molar-refractivity contribution in [2.24, 2.45) is 0 Å². The van der Waals surface area contributed by atoms with Gasteiger partial charge in [0.25, 0.3) is 0 Å². The van der Waals surface area contributed by atoms with E-state index in [9.17, 15) is 0 Å². The number of hydrogen-bond acceptors (Lipinski definition) is 7. The second-order valence-electron chi connectivity index (χ2n) is 6.21. The molecule has 0 amide bonds. The first kappa shape index (κ1) is 18.6. The number of hydrogen-bond donors (Lipinski definition) is 1. The number of furan rings is 1. The monoisotopic (exact) mass is 395 g/mol. The molecule has 144 valence electrons. The maximum atomic E-state index is 5.84. The topological polar surface area (TPSA) is 73.3 Å². The van der Waals surface area contributed by atoms with Crippen LogP contribution in [-0.2, 0) is 12.3 Å². The van der Waals surface area contributed by atoms with Crippen LogP contribution >= 0.6 is 11.8 Å². The standard InChI is InChI=1S/C21H21N3O3S/c1-22-13-18-11-15-7-8-16(12-19(15)26-18)21-24-23-20(27-21)14-28-10-9-25-17-5-3-2-4-6-17/h2-8,11-12,22H,9-10,13-14H2,1H3. The van der Waals surface area contributed by atoms with Gasteiger partial charge < -0.3 is 18.9 Å². The molecule has 4 aromatic rings. The third-order valence-electron chi connectivity index (χ3n) is 4.10. The molecule has 0 atom stereocenters. The minimum Gasteiger partial charge on any atom is -0.493 e. The fourth-order valence-corrected chi connectivity index (χ4v) is 3.44. The number of benzene rings is 2. The lowest BCUT2D eigenvalue weighted by Crippen LogP contribution is -2.03. The summed E-state index contributed by atoms with van der Waals surface area (Å²) in [6, 6.07) is 17.7. The van der Waals surface area contributed by atoms with Gasteiger partial charge in [-0.05, 0) is 37.4 Å². The summed E-state index contributed by atoms with van der Waals surface area (Å²) in [6.07, 6.45) is 0. The Hall–Kier alpha value is -2.77. The molecule has 0 aliphatic rings. The molecule has 0 saturated heterocycles. The summed E-state index contributed by atoms with van der Waals surface area (Å²) in [6.45, 7) is 1.33. The van der Waals surface area contributed by atoms with Crippen LogP contribution in [0.3, 0.4) is 0 Å². The molecule has 6 nitrogen and oxygen atoms in total. The zero-order valence-electron chi connectivity index (χ0n) is 15.6. The maximum absolute atomic E-state index is 5.84. The van der Waals surface area contributed by atoms with E-state index >= 15 is 0 Å². The first-order valence-corrected chi connectivity index (χ1v) is 10.2. The molecular formula is C21H21N3O3S. The van der Waals surface area contributed by atoms with Crippen molar-refractivity contribution in [3.63, 3.8) is 0 Å². The van der Waals surface area contributed by atoms with Gasteiger partial charge in [-0.15, -0.1) is 22.0 Å². The highest BCUT2D eigenvalue weighted by molar-refractivity contribution is 7.98. The third-order valence-corrected chi connectivity index (χ3v) is 5.01. The van der Waals surface area contributed by atoms with E-state index in [-0.39, 0.29) is 0 Å². The van der Waals surface area contributed by atoms with E-state index in [2.05, 4.69) is 15.5 Å². The van der Waals surface area contributed by atoms with E-state index in [1.54, 1.807) is 11.8 Å². The van der Waals surface area contributed by atoms with E-state index in [4.69, 9.17) is 13.6 Å². The summed E-state index contributed by atoms with van der Waals surface area (Å²) >= 11 is 1.70. The van der Waals surface area contributed by atoms with Crippen molar-refractivity contribution in [1.82, 2.24) is 15.5 Å². The average molecular weight is 395 g/mol. The molecule has 2 aromatic heterocycles. The highest BCUT2D eigenvalue weighted by atomic mass is 32.2. The number of rotatable bonds is 9. The van der Waals surface area contributed by atoms with Crippen molar-refractivity contribution in [2.45, 2.75) is 12.3 Å². The van der Waals surface area contributed by atoms with Crippen LogP contribution in [-0.4, -0.2) is 29.6 Å². The zero-order valence-corrected chi connectivity index (χ0v) is 16.4. The normalized spacial score (nSPS) is 11.2. The molecule has 0 saturated carbocycles. The molecule has 2 aromatic carbocycles. The van der Waals surface area contributed by atoms with Crippen LogP contribution in [0.2, 0.25) is 0 Å². The highest BCUT2D eigenvalue weighted by Crippen LogP contribution is 2.26. The molecule has 0 aliphatic carbocycles. The van der Waals surface area contributed by atoms with Crippen LogP contribution in [0.5, 0.6) is 5.75 Å². The van der Waals surface area contributed by atoms with Crippen LogP contribution in [0.1, 0.15) is 11.7 Å². The molecule has 2 heterocycles. The SMILES string of the molecule is CNCc1cc2ccc(-c3nnc(CSCCOc4ccccc4)o3)cc2o1. The van der Waals surface area contributed by atoms with Crippen molar-refractivity contribution in [2.75, 3.05) is 19.4 Å². The molecule has 0 unspecified atom stereocenters. The van der Waals surface area contributed by atoms with Crippen LogP contribution in [0.4, 0.5) is 0 Å². The number of para-hydroxylation sites is 1. The van der Waals surface area contributed by atoms with Crippen LogP contribution in [0.25, 0.3) is 22.4 Å². The van der Waals surface area contributed by atoms with Gasteiger partial charge >= 0.3 is 0 Å². The fourth-order valence-electron chi connectivity index (χ4n) is 2.80. The van der Waals surface area contributed by atoms with Gasteiger partial charge in [0.1, 0.15) is 17.1 Å². The van der Waals surface area contributed by atoms with Gasteiger partial charge in [-0.25, -0.2) is 0 Å². The van der Waals surface area contributed by atoms with Gasteiger partial charge in [-0.1, -0.05) is 24.3 Å². The number of nitrogens with one attached hydrogen (secondary N) is 1. The smallest absolute Gasteiger partial charge is 0.247 e. The predicted octanol–water partition coefficient (Wildman–Crippen LogP) is 4.51. The molecular weight excluding hydrogens is 374 g/mol. The molecule has 0 fully saturated rings. The molecule has 7 heteroatoms. The van der Waals surface area contributed by atoms with Gasteiger partial charge in [0.05, 0.1) is 18.9 Å². The minimum atomic E-state index is 0.504. The Morgan fingerprint density at radius 3 is 2.79 bits per heavy atom. The highest BCUT2D eigenvalue weighted by Gasteiger charge is 2.11. The molecule has 1 N–H and O–H groups in total. The summed E-state index contributed by atoms with van der Waals surface area (Å²) < 4.78 is 17.3. The predicted molar refractivity (Wildman–Crippen MR) is 110 cm³/mol. The van der Waals surface area contributed by atoms with Crippen molar-refractivity contribution in [3.05, 3.63) is 66.2 Å². The number of aromatic nitrogens is 2. The first-order valence-electron chi connectivity index (χ1n) is 9.07. The van der Waals surface area contributed by atoms with E-state index in [1.807, 2.05) is 61.6 Å². The fraction of sp³-hybridized carbons (Fsp3) is 0.238. The Labute approximate surface area is 167 Å². The molecule has 0 spiro atoms. The second-order valence-corrected chi connectivity index (χ2v) is 7.32. The van der Waals surface area contributed by atoms with E-state index in [0.29, 0.717) is 30.7 Å². The van der Waals surface area contributed by atoms with E-state index in [1.165, 1.54) is 0 Å². The van der Waals surface area contributed by atoms with Gasteiger partial charge in [0.2, 0.25) is 11.8 Å². The van der Waals surface area contributed by atoms with Gasteiger partial charge in [0.15, 0.2) is 0 Å². The Morgan fingerprint density at radius 1 is 1.04 bits per heavy atom. The van der Waals surface area contributed by atoms with Crippen molar-refractivity contribution < 1.29 is 13.6 Å². The largest absolute Gasteiger partial charge is 0.493 e. The van der Waals surface area contributed by atoms with E-state index in [0.717, 1.165) is 33.8 Å². The number of thioether (sulfide) groups is 1. The average Bonchev–Trinajstić information content (AvgIpc) is 3.35. The number of fused-ring (bicyclic) bond motifs is 1. The van der Waals surface area contributed by atoms with Crippen LogP contribution < -0.4 is 10.1 Å². The lowest BCUT2D eigenvalue weighted by Gasteiger charge is -2.04. The maximum Gasteiger partial charge on any atom is 0.247 e. The van der Waals surface area contributed by atoms with Crippen LogP contribution in [0, 0.1) is 0 Å². The van der Waals surface area contributed by atoms with Gasteiger partial charge in [0, 0.05) is 16.7 Å². The Morgan fingerprint density at radius 2 is 1.93 bits per heavy atom. The van der Waals surface area contributed by atoms with Crippen molar-refractivity contribution in [3.8, 4) is 17.2 Å². The molecule has 28 heavy (non-hydrogen) atoms. The first-order chi connectivity index (χ1) is 13.8. The Balaban J connectivity index is 1.31. The van der Waals surface area contributed by atoms with Gasteiger partial charge in [-0.2, -0.15) is 0 Å². The van der Waals surface area contributed by atoms with E-state index < -0.39 is 0 Å². The summed E-state index contributed by atoms with van der Waals surface area (Å²) in [5, 5.41) is 12.5. The summed E-state index contributed by atoms with van der Waals surface area (Å²) in [5.41, 5.74) is 1.67. The number of nitrogens with zero attached hydrogens (tertiary/aromatic N) is 2. The molecule has 0 bridgehead atoms. The number of ether oxygens (including phenoxy) is 1. The molecule has 0 radical (unpaired) electrons. The lowest BCUT2D eigenvalue weighted by molar-refractivity contribution is 0.344. The van der Waals surface area contributed by atoms with Crippen LogP contribution in [0.15, 0.2) is 63.4 Å². The third kappa shape index (κ3) is 4.55. The summed E-state index contributed by atoms with van der Waals surface area (Å²) in [4.78, 5) is 0. The Kier molecular flexibility index (Phi) is 5.94. The zero-order chi connectivity index (χ0) is 19.2. The summed E-state index contributed by atoms with van der Waals surface area (Å²) in [5.74, 6) is 4.39.